The van der Waals surface area contributed by atoms with Crippen molar-refractivity contribution in [1.82, 2.24) is 0 Å². The quantitative estimate of drug-likeness (QED) is 0.782. The maximum atomic E-state index is 5.80. The molecule has 1 nitrogen and oxygen atoms in total. The Morgan fingerprint density at radius 2 is 1.67 bits per heavy atom. The molecular formula is C17H21N. The van der Waals surface area contributed by atoms with Gasteiger partial charge >= 0.3 is 0 Å². The number of anilines is 1. The van der Waals surface area contributed by atoms with Gasteiger partial charge < -0.3 is 5.73 Å². The Morgan fingerprint density at radius 3 is 2.39 bits per heavy atom. The molecule has 0 spiro atoms. The molecular weight excluding hydrogens is 218 g/mol. The van der Waals surface area contributed by atoms with Crippen LogP contribution in [0.3, 0.4) is 0 Å². The van der Waals surface area contributed by atoms with Crippen molar-refractivity contribution in [3.8, 4) is 0 Å². The molecule has 2 aromatic rings. The van der Waals surface area contributed by atoms with Crippen molar-refractivity contribution in [3.63, 3.8) is 0 Å². The van der Waals surface area contributed by atoms with Gasteiger partial charge in [-0.2, -0.15) is 0 Å². The summed E-state index contributed by atoms with van der Waals surface area (Å²) >= 11 is 0. The molecule has 94 valence electrons. The highest BCUT2D eigenvalue weighted by Crippen LogP contribution is 2.16. The molecule has 0 saturated heterocycles. The number of nitrogens with two attached hydrogens (primary N) is 1. The van der Waals surface area contributed by atoms with Crippen molar-refractivity contribution in [2.45, 2.75) is 26.2 Å². The molecule has 0 saturated carbocycles. The van der Waals surface area contributed by atoms with E-state index in [4.69, 9.17) is 5.73 Å². The van der Waals surface area contributed by atoms with E-state index in [0.29, 0.717) is 5.92 Å². The lowest BCUT2D eigenvalue weighted by molar-refractivity contribution is 0.530. The molecule has 0 bridgehead atoms. The van der Waals surface area contributed by atoms with Crippen LogP contribution in [-0.2, 0) is 12.8 Å². The molecule has 2 aromatic carbocycles. The third-order valence-corrected chi connectivity index (χ3v) is 3.30. The zero-order valence-corrected chi connectivity index (χ0v) is 11.0. The van der Waals surface area contributed by atoms with Crippen molar-refractivity contribution >= 4 is 5.69 Å². The number of rotatable bonds is 5. The van der Waals surface area contributed by atoms with Crippen LogP contribution in [0.4, 0.5) is 5.69 Å². The van der Waals surface area contributed by atoms with Crippen LogP contribution in [0.1, 0.15) is 24.5 Å². The summed E-state index contributed by atoms with van der Waals surface area (Å²) in [5, 5.41) is 0. The van der Waals surface area contributed by atoms with Gasteiger partial charge in [0, 0.05) is 5.69 Å². The fraction of sp³-hybridized carbons (Fsp3) is 0.294. The molecule has 1 unspecified atom stereocenters. The van der Waals surface area contributed by atoms with Crippen LogP contribution in [0, 0.1) is 5.92 Å². The summed E-state index contributed by atoms with van der Waals surface area (Å²) in [4.78, 5) is 0. The fourth-order valence-electron chi connectivity index (χ4n) is 2.28. The SMILES string of the molecule is CC(CCc1ccccc1)Cc1cccc(N)c1. The Kier molecular flexibility index (Phi) is 4.40. The van der Waals surface area contributed by atoms with Crippen LogP contribution in [0.25, 0.3) is 0 Å². The maximum absolute atomic E-state index is 5.80. The first-order valence-electron chi connectivity index (χ1n) is 6.62. The maximum Gasteiger partial charge on any atom is 0.0316 e. The van der Waals surface area contributed by atoms with Gasteiger partial charge in [-0.3, -0.25) is 0 Å². The molecule has 18 heavy (non-hydrogen) atoms. The molecule has 0 amide bonds. The predicted molar refractivity (Wildman–Crippen MR) is 78.5 cm³/mol. The average molecular weight is 239 g/mol. The fourth-order valence-corrected chi connectivity index (χ4v) is 2.28. The molecule has 2 N–H and O–H groups in total. The summed E-state index contributed by atoms with van der Waals surface area (Å²) < 4.78 is 0. The Hall–Kier alpha value is -1.76. The largest absolute Gasteiger partial charge is 0.399 e. The zero-order chi connectivity index (χ0) is 12.8. The van der Waals surface area contributed by atoms with Crippen LogP contribution in [0.2, 0.25) is 0 Å². The number of nitrogen functional groups attached to an aromatic ring is 1. The molecule has 0 aromatic heterocycles. The molecule has 0 aliphatic carbocycles. The molecule has 0 fully saturated rings. The molecule has 0 aliphatic rings. The number of hydrogen-bond donors (Lipinski definition) is 1. The van der Waals surface area contributed by atoms with Gasteiger partial charge in [0.05, 0.1) is 0 Å². The number of aryl methyl sites for hydroxylation is 1. The Balaban J connectivity index is 1.84. The van der Waals surface area contributed by atoms with E-state index >= 15 is 0 Å². The summed E-state index contributed by atoms with van der Waals surface area (Å²) in [6, 6.07) is 18.9. The van der Waals surface area contributed by atoms with E-state index in [1.54, 1.807) is 0 Å². The number of benzene rings is 2. The van der Waals surface area contributed by atoms with Crippen LogP contribution >= 0.6 is 0 Å². The van der Waals surface area contributed by atoms with Crippen molar-refractivity contribution in [2.24, 2.45) is 5.92 Å². The molecule has 1 heteroatoms. The van der Waals surface area contributed by atoms with Gasteiger partial charge in [0.25, 0.3) is 0 Å². The van der Waals surface area contributed by atoms with Gasteiger partial charge in [-0.1, -0.05) is 49.4 Å². The number of hydrogen-bond acceptors (Lipinski definition) is 1. The van der Waals surface area contributed by atoms with Crippen LogP contribution in [0.15, 0.2) is 54.6 Å². The smallest absolute Gasteiger partial charge is 0.0316 e. The first-order chi connectivity index (χ1) is 8.74. The van der Waals surface area contributed by atoms with E-state index in [1.807, 2.05) is 12.1 Å². The predicted octanol–water partition coefficient (Wildman–Crippen LogP) is 4.08. The molecule has 0 aliphatic heterocycles. The Morgan fingerprint density at radius 1 is 0.944 bits per heavy atom. The van der Waals surface area contributed by atoms with E-state index in [9.17, 15) is 0 Å². The lowest BCUT2D eigenvalue weighted by atomic mass is 9.94. The van der Waals surface area contributed by atoms with Gasteiger partial charge in [-0.15, -0.1) is 0 Å². The summed E-state index contributed by atoms with van der Waals surface area (Å²) in [5.41, 5.74) is 9.43. The minimum absolute atomic E-state index is 0.687. The first-order valence-corrected chi connectivity index (χ1v) is 6.62. The molecule has 2 rings (SSSR count). The van der Waals surface area contributed by atoms with E-state index in [1.165, 1.54) is 17.5 Å². The summed E-state index contributed by atoms with van der Waals surface area (Å²) in [6.07, 6.45) is 3.49. The Bertz CT molecular complexity index is 476. The summed E-state index contributed by atoms with van der Waals surface area (Å²) in [6.45, 7) is 2.31. The van der Waals surface area contributed by atoms with E-state index in [2.05, 4.69) is 49.4 Å². The summed E-state index contributed by atoms with van der Waals surface area (Å²) in [7, 11) is 0. The van der Waals surface area contributed by atoms with Crippen molar-refractivity contribution in [1.29, 1.82) is 0 Å². The minimum atomic E-state index is 0.687. The van der Waals surface area contributed by atoms with Crippen molar-refractivity contribution in [2.75, 3.05) is 5.73 Å². The third kappa shape index (κ3) is 3.92. The van der Waals surface area contributed by atoms with E-state index in [-0.39, 0.29) is 0 Å². The van der Waals surface area contributed by atoms with Gasteiger partial charge in [0.2, 0.25) is 0 Å². The van der Waals surface area contributed by atoms with Crippen LogP contribution in [-0.4, -0.2) is 0 Å². The lowest BCUT2D eigenvalue weighted by Crippen LogP contribution is -2.02. The standard InChI is InChI=1S/C17H21N/c1-14(10-11-15-6-3-2-4-7-15)12-16-8-5-9-17(18)13-16/h2-9,13-14H,10-12,18H2,1H3. The topological polar surface area (TPSA) is 26.0 Å². The van der Waals surface area contributed by atoms with Crippen LogP contribution < -0.4 is 5.73 Å². The summed E-state index contributed by atoms with van der Waals surface area (Å²) in [5.74, 6) is 0.687. The van der Waals surface area contributed by atoms with E-state index in [0.717, 1.165) is 18.5 Å². The van der Waals surface area contributed by atoms with Gasteiger partial charge in [-0.25, -0.2) is 0 Å². The molecule has 0 heterocycles. The average Bonchev–Trinajstić information content (AvgIpc) is 2.38. The first kappa shape index (κ1) is 12.7. The third-order valence-electron chi connectivity index (χ3n) is 3.30. The van der Waals surface area contributed by atoms with Crippen molar-refractivity contribution < 1.29 is 0 Å². The second-order valence-corrected chi connectivity index (χ2v) is 5.08. The molecule has 1 atom stereocenters. The zero-order valence-electron chi connectivity index (χ0n) is 11.0. The highest BCUT2D eigenvalue weighted by Gasteiger charge is 2.04. The normalized spacial score (nSPS) is 12.3. The lowest BCUT2D eigenvalue weighted by Gasteiger charge is -2.11. The highest BCUT2D eigenvalue weighted by atomic mass is 14.5. The minimum Gasteiger partial charge on any atom is -0.399 e. The Labute approximate surface area is 110 Å². The highest BCUT2D eigenvalue weighted by molar-refractivity contribution is 5.40. The van der Waals surface area contributed by atoms with E-state index < -0.39 is 0 Å². The second kappa shape index (κ2) is 6.25. The van der Waals surface area contributed by atoms with Crippen molar-refractivity contribution in [3.05, 3.63) is 65.7 Å². The van der Waals surface area contributed by atoms with Gasteiger partial charge in [-0.05, 0) is 48.4 Å². The van der Waals surface area contributed by atoms with Gasteiger partial charge in [0.1, 0.15) is 0 Å². The van der Waals surface area contributed by atoms with Crippen LogP contribution in [0.5, 0.6) is 0 Å². The second-order valence-electron chi connectivity index (χ2n) is 5.08. The monoisotopic (exact) mass is 239 g/mol. The van der Waals surface area contributed by atoms with Gasteiger partial charge in [0.15, 0.2) is 0 Å². The molecule has 0 radical (unpaired) electrons.